The van der Waals surface area contributed by atoms with Gasteiger partial charge in [-0.1, -0.05) is 6.92 Å². The topological polar surface area (TPSA) is 3.24 Å². The van der Waals surface area contributed by atoms with E-state index in [4.69, 9.17) is 0 Å². The van der Waals surface area contributed by atoms with Gasteiger partial charge in [0.1, 0.15) is 0 Å². The van der Waals surface area contributed by atoms with Crippen LogP contribution in [-0.4, -0.2) is 24.5 Å². The summed E-state index contributed by atoms with van der Waals surface area (Å²) in [7, 11) is 2.30. The van der Waals surface area contributed by atoms with Crippen molar-refractivity contribution in [1.82, 2.24) is 4.90 Å². The molecule has 1 heterocycles. The van der Waals surface area contributed by atoms with Crippen LogP contribution in [0, 0.1) is 23.7 Å². The molecule has 0 amide bonds. The molecular weight excluding hydrogens is 122 g/mol. The predicted molar refractivity (Wildman–Crippen MR) is 40.7 cm³/mol. The van der Waals surface area contributed by atoms with Crippen molar-refractivity contribution in [1.29, 1.82) is 0 Å². The minimum Gasteiger partial charge on any atom is -0.303 e. The van der Waals surface area contributed by atoms with Crippen molar-refractivity contribution >= 4 is 0 Å². The van der Waals surface area contributed by atoms with Crippen LogP contribution in [0.25, 0.3) is 0 Å². The standard InChI is InChI=1S/C9H15N/c1-5-3-6-4-10(2)9-7(5)8(6)9/h5-9H,3-4H2,1-2H3/t5-,6?,7?,8?,9-/m0/s1. The van der Waals surface area contributed by atoms with Crippen LogP contribution in [0.5, 0.6) is 0 Å². The minimum atomic E-state index is 1.02. The largest absolute Gasteiger partial charge is 0.303 e. The van der Waals surface area contributed by atoms with Gasteiger partial charge in [-0.3, -0.25) is 0 Å². The molecule has 3 fully saturated rings. The third-order valence-electron chi connectivity index (χ3n) is 4.00. The second-order valence-corrected chi connectivity index (χ2v) is 4.56. The summed E-state index contributed by atoms with van der Waals surface area (Å²) in [4.78, 5) is 2.59. The monoisotopic (exact) mass is 137 g/mol. The van der Waals surface area contributed by atoms with Gasteiger partial charge in [0.2, 0.25) is 0 Å². The maximum absolute atomic E-state index is 2.59. The van der Waals surface area contributed by atoms with Crippen LogP contribution in [0.2, 0.25) is 0 Å². The van der Waals surface area contributed by atoms with Crippen molar-refractivity contribution in [3.05, 3.63) is 0 Å². The SMILES string of the molecule is C[C@H]1CC2CN(C)[C@@H]3C2C31. The Kier molecular flexibility index (Phi) is 0.797. The summed E-state index contributed by atoms with van der Waals surface area (Å²) < 4.78 is 0. The fraction of sp³-hybridized carbons (Fsp3) is 1.00. The van der Waals surface area contributed by atoms with Gasteiger partial charge in [0.05, 0.1) is 0 Å². The van der Waals surface area contributed by atoms with Crippen LogP contribution in [0.4, 0.5) is 0 Å². The molecule has 1 aliphatic heterocycles. The fourth-order valence-corrected chi connectivity index (χ4v) is 3.72. The Morgan fingerprint density at radius 1 is 1.30 bits per heavy atom. The van der Waals surface area contributed by atoms with Crippen molar-refractivity contribution in [3.63, 3.8) is 0 Å². The van der Waals surface area contributed by atoms with Gasteiger partial charge >= 0.3 is 0 Å². The van der Waals surface area contributed by atoms with E-state index in [1.165, 1.54) is 13.0 Å². The van der Waals surface area contributed by atoms with E-state index in [0.717, 1.165) is 29.7 Å². The lowest BCUT2D eigenvalue weighted by molar-refractivity contribution is 0.331. The molecule has 0 aromatic heterocycles. The number of nitrogens with zero attached hydrogens (tertiary/aromatic N) is 1. The number of hydrogen-bond donors (Lipinski definition) is 0. The van der Waals surface area contributed by atoms with Gasteiger partial charge in [-0.15, -0.1) is 0 Å². The Labute approximate surface area is 62.4 Å². The molecule has 3 aliphatic rings. The van der Waals surface area contributed by atoms with Crippen molar-refractivity contribution in [2.75, 3.05) is 13.6 Å². The first-order valence-corrected chi connectivity index (χ1v) is 4.49. The van der Waals surface area contributed by atoms with Crippen LogP contribution in [0.3, 0.4) is 0 Å². The van der Waals surface area contributed by atoms with Gasteiger partial charge in [-0.2, -0.15) is 0 Å². The molecule has 10 heavy (non-hydrogen) atoms. The zero-order valence-electron chi connectivity index (χ0n) is 6.75. The molecule has 56 valence electrons. The number of piperidine rings is 1. The lowest BCUT2D eigenvalue weighted by atomic mass is 10.0. The summed E-state index contributed by atoms with van der Waals surface area (Å²) in [6.45, 7) is 3.84. The van der Waals surface area contributed by atoms with Gasteiger partial charge in [0.25, 0.3) is 0 Å². The molecule has 0 bridgehead atoms. The minimum absolute atomic E-state index is 1.02. The van der Waals surface area contributed by atoms with Gasteiger partial charge in [0.15, 0.2) is 0 Å². The molecule has 1 saturated heterocycles. The van der Waals surface area contributed by atoms with Gasteiger partial charge < -0.3 is 4.90 Å². The van der Waals surface area contributed by atoms with Crippen LogP contribution in [0.15, 0.2) is 0 Å². The van der Waals surface area contributed by atoms with E-state index in [1.54, 1.807) is 0 Å². The summed E-state index contributed by atoms with van der Waals surface area (Å²) in [5.74, 6) is 4.39. The van der Waals surface area contributed by atoms with Crippen molar-refractivity contribution in [2.24, 2.45) is 23.7 Å². The maximum atomic E-state index is 2.59. The zero-order chi connectivity index (χ0) is 6.88. The van der Waals surface area contributed by atoms with E-state index >= 15 is 0 Å². The molecule has 0 radical (unpaired) electrons. The predicted octanol–water partition coefficient (Wildman–Crippen LogP) is 1.20. The van der Waals surface area contributed by atoms with E-state index in [0.29, 0.717) is 0 Å². The molecule has 2 aliphatic carbocycles. The smallest absolute Gasteiger partial charge is 0.0161 e. The highest BCUT2D eigenvalue weighted by atomic mass is 15.2. The quantitative estimate of drug-likeness (QED) is 0.485. The van der Waals surface area contributed by atoms with Crippen LogP contribution in [-0.2, 0) is 0 Å². The van der Waals surface area contributed by atoms with Crippen molar-refractivity contribution < 1.29 is 0 Å². The molecular formula is C9H15N. The molecule has 3 rings (SSSR count). The average molecular weight is 137 g/mol. The summed E-state index contributed by atoms with van der Waals surface area (Å²) in [5, 5.41) is 0. The highest BCUT2D eigenvalue weighted by molar-refractivity contribution is 5.18. The number of fused-ring (bicyclic) bond motifs is 1. The zero-order valence-corrected chi connectivity index (χ0v) is 6.75. The molecule has 0 aromatic rings. The third kappa shape index (κ3) is 0.430. The third-order valence-corrected chi connectivity index (χ3v) is 4.00. The molecule has 0 aromatic carbocycles. The summed E-state index contributed by atoms with van der Waals surface area (Å²) in [6, 6.07) is 1.02. The second-order valence-electron chi connectivity index (χ2n) is 4.56. The first kappa shape index (κ1) is 5.59. The van der Waals surface area contributed by atoms with Crippen molar-refractivity contribution in [2.45, 2.75) is 19.4 Å². The number of hydrogen-bond acceptors (Lipinski definition) is 1. The summed E-state index contributed by atoms with van der Waals surface area (Å²) in [6.07, 6.45) is 1.52. The normalized spacial score (nSPS) is 64.8. The lowest BCUT2D eigenvalue weighted by Crippen LogP contribution is -2.20. The second kappa shape index (κ2) is 1.42. The molecule has 3 unspecified atom stereocenters. The first-order chi connectivity index (χ1) is 4.79. The maximum Gasteiger partial charge on any atom is 0.0161 e. The summed E-state index contributed by atoms with van der Waals surface area (Å²) in [5.41, 5.74) is 0. The van der Waals surface area contributed by atoms with Gasteiger partial charge in [-0.25, -0.2) is 0 Å². The first-order valence-electron chi connectivity index (χ1n) is 4.49. The van der Waals surface area contributed by atoms with Crippen LogP contribution >= 0.6 is 0 Å². The Bertz CT molecular complexity index is 148. The fourth-order valence-electron chi connectivity index (χ4n) is 3.72. The molecule has 2 saturated carbocycles. The highest BCUT2D eigenvalue weighted by Crippen LogP contribution is 2.64. The average Bonchev–Trinajstić information content (AvgIpc) is 2.45. The number of likely N-dealkylation sites (tertiary alicyclic amines) is 1. The lowest BCUT2D eigenvalue weighted by Gasteiger charge is -2.10. The van der Waals surface area contributed by atoms with Crippen molar-refractivity contribution in [3.8, 4) is 0 Å². The van der Waals surface area contributed by atoms with Gasteiger partial charge in [-0.05, 0) is 37.1 Å². The summed E-state index contributed by atoms with van der Waals surface area (Å²) >= 11 is 0. The highest BCUT2D eigenvalue weighted by Gasteiger charge is 2.66. The number of rotatable bonds is 0. The molecule has 5 atom stereocenters. The molecule has 1 heteroatoms. The van der Waals surface area contributed by atoms with Crippen LogP contribution in [0.1, 0.15) is 13.3 Å². The van der Waals surface area contributed by atoms with E-state index in [1.807, 2.05) is 0 Å². The Morgan fingerprint density at radius 2 is 2.10 bits per heavy atom. The van der Waals surface area contributed by atoms with E-state index in [-0.39, 0.29) is 0 Å². The van der Waals surface area contributed by atoms with Gasteiger partial charge in [0, 0.05) is 12.6 Å². The van der Waals surface area contributed by atoms with E-state index < -0.39 is 0 Å². The Morgan fingerprint density at radius 3 is 2.60 bits per heavy atom. The molecule has 0 spiro atoms. The van der Waals surface area contributed by atoms with E-state index in [9.17, 15) is 0 Å². The molecule has 1 nitrogen and oxygen atoms in total. The Balaban J connectivity index is 1.94. The Hall–Kier alpha value is -0.0400. The molecule has 0 N–H and O–H groups in total. The van der Waals surface area contributed by atoms with E-state index in [2.05, 4.69) is 18.9 Å². The van der Waals surface area contributed by atoms with Crippen LogP contribution < -0.4 is 0 Å².